The number of aromatic hydroxyl groups is 2. The van der Waals surface area contributed by atoms with Crippen molar-refractivity contribution in [2.75, 3.05) is 10.6 Å². The van der Waals surface area contributed by atoms with E-state index in [2.05, 4.69) is 10.6 Å². The zero-order valence-corrected chi connectivity index (χ0v) is 24.0. The Labute approximate surface area is 250 Å². The fraction of sp³-hybridized carbons (Fsp3) is 0. The standard InChI is InChI=1S/2C12H11NO.2C5H5.Zr/c2*14-12-9-5-4-8-11(12)13-10-6-2-1-3-7-10;2*1-2-4-5-3-1;/h2*1-9,13-14H;2*1-5H;/q;;2*-1;+2. The summed E-state index contributed by atoms with van der Waals surface area (Å²) in [5.74, 6) is 0.521. The van der Waals surface area contributed by atoms with Gasteiger partial charge in [0.15, 0.2) is 0 Å². The fourth-order valence-electron chi connectivity index (χ4n) is 3.15. The van der Waals surface area contributed by atoms with Crippen molar-refractivity contribution in [3.05, 3.63) is 170 Å². The second kappa shape index (κ2) is 18.8. The van der Waals surface area contributed by atoms with E-state index in [1.807, 2.05) is 146 Å². The summed E-state index contributed by atoms with van der Waals surface area (Å²) in [5.41, 5.74) is 3.38. The molecule has 0 spiro atoms. The molecule has 0 atom stereocenters. The first-order chi connectivity index (χ1) is 18.7. The van der Waals surface area contributed by atoms with Crippen LogP contribution in [0.3, 0.4) is 0 Å². The van der Waals surface area contributed by atoms with E-state index in [1.165, 1.54) is 0 Å². The first-order valence-electron chi connectivity index (χ1n) is 12.3. The van der Waals surface area contributed by atoms with E-state index in [0.29, 0.717) is 0 Å². The number of phenolic OH excluding ortho intramolecular Hbond substituents is 2. The summed E-state index contributed by atoms with van der Waals surface area (Å²) in [4.78, 5) is 0. The molecule has 0 heterocycles. The molecule has 0 unspecified atom stereocenters. The number of benzene rings is 4. The van der Waals surface area contributed by atoms with Crippen molar-refractivity contribution in [2.45, 2.75) is 0 Å². The Morgan fingerprint density at radius 3 is 0.974 bits per heavy atom. The minimum atomic E-state index is 0. The second-order valence-corrected chi connectivity index (χ2v) is 7.94. The van der Waals surface area contributed by atoms with Gasteiger partial charge in [0.25, 0.3) is 0 Å². The van der Waals surface area contributed by atoms with Crippen LogP contribution in [0.4, 0.5) is 22.7 Å². The molecule has 194 valence electrons. The summed E-state index contributed by atoms with van der Waals surface area (Å²) in [6, 6.07) is 53.8. The van der Waals surface area contributed by atoms with Crippen molar-refractivity contribution in [3.8, 4) is 11.5 Å². The molecule has 0 aliphatic rings. The Morgan fingerprint density at radius 2 is 0.692 bits per heavy atom. The van der Waals surface area contributed by atoms with Crippen molar-refractivity contribution >= 4 is 22.7 Å². The van der Waals surface area contributed by atoms with Crippen LogP contribution in [-0.4, -0.2) is 10.2 Å². The Hall–Kier alpha value is -4.34. The van der Waals surface area contributed by atoms with E-state index in [1.54, 1.807) is 24.3 Å². The molecule has 6 rings (SSSR count). The van der Waals surface area contributed by atoms with Crippen molar-refractivity contribution < 1.29 is 36.4 Å². The van der Waals surface area contributed by atoms with Crippen molar-refractivity contribution in [2.24, 2.45) is 0 Å². The number of hydrogen-bond acceptors (Lipinski definition) is 4. The van der Waals surface area contributed by atoms with Gasteiger partial charge in [0.05, 0.1) is 11.4 Å². The van der Waals surface area contributed by atoms with Gasteiger partial charge in [-0.1, -0.05) is 60.7 Å². The summed E-state index contributed by atoms with van der Waals surface area (Å²) in [6.07, 6.45) is 0. The molecule has 0 saturated carbocycles. The monoisotopic (exact) mass is 590 g/mol. The molecule has 0 saturated heterocycles. The quantitative estimate of drug-likeness (QED) is 0.122. The Morgan fingerprint density at radius 1 is 0.385 bits per heavy atom. The topological polar surface area (TPSA) is 64.5 Å². The smallest absolute Gasteiger partial charge is 0.506 e. The van der Waals surface area contributed by atoms with Crippen molar-refractivity contribution in [1.82, 2.24) is 0 Å². The minimum absolute atomic E-state index is 0. The molecule has 6 aromatic carbocycles. The normalized spacial score (nSPS) is 9.03. The van der Waals surface area contributed by atoms with Gasteiger partial charge in [-0.25, -0.2) is 24.3 Å². The molecule has 6 aromatic rings. The molecule has 39 heavy (non-hydrogen) atoms. The van der Waals surface area contributed by atoms with Gasteiger partial charge < -0.3 is 20.8 Å². The molecule has 0 radical (unpaired) electrons. The summed E-state index contributed by atoms with van der Waals surface area (Å²) < 4.78 is 0. The number of hydrogen-bond donors (Lipinski definition) is 4. The van der Waals surface area contributed by atoms with Crippen LogP contribution >= 0.6 is 0 Å². The molecule has 0 aromatic heterocycles. The Bertz CT molecular complexity index is 1230. The van der Waals surface area contributed by atoms with Crippen LogP contribution in [0.5, 0.6) is 11.5 Å². The van der Waals surface area contributed by atoms with E-state index in [0.717, 1.165) is 22.7 Å². The Kier molecular flexibility index (Phi) is 14.9. The number of nitrogens with one attached hydrogen (secondary N) is 2. The second-order valence-electron chi connectivity index (χ2n) is 7.94. The van der Waals surface area contributed by atoms with Gasteiger partial charge in [-0.05, 0) is 48.5 Å². The molecule has 5 heteroatoms. The van der Waals surface area contributed by atoms with Crippen LogP contribution in [0.2, 0.25) is 0 Å². The fourth-order valence-corrected chi connectivity index (χ4v) is 3.15. The van der Waals surface area contributed by atoms with E-state index >= 15 is 0 Å². The molecule has 0 aliphatic heterocycles. The number of rotatable bonds is 4. The van der Waals surface area contributed by atoms with E-state index in [4.69, 9.17) is 0 Å². The average Bonchev–Trinajstić information content (AvgIpc) is 3.73. The van der Waals surface area contributed by atoms with Crippen LogP contribution in [0.15, 0.2) is 170 Å². The molecule has 4 N–H and O–H groups in total. The van der Waals surface area contributed by atoms with Gasteiger partial charge >= 0.3 is 26.2 Å². The summed E-state index contributed by atoms with van der Waals surface area (Å²) in [6.45, 7) is 0. The molecule has 0 bridgehead atoms. The van der Waals surface area contributed by atoms with Gasteiger partial charge in [-0.15, -0.1) is 0 Å². The molecular weight excluding hydrogens is 560 g/mol. The largest absolute Gasteiger partial charge is 2.00 e. The first-order valence-corrected chi connectivity index (χ1v) is 12.3. The molecule has 4 nitrogen and oxygen atoms in total. The van der Waals surface area contributed by atoms with Gasteiger partial charge in [-0.2, -0.15) is 36.4 Å². The van der Waals surface area contributed by atoms with Crippen LogP contribution in [0.25, 0.3) is 0 Å². The first kappa shape index (κ1) is 30.9. The van der Waals surface area contributed by atoms with Gasteiger partial charge in [0, 0.05) is 11.4 Å². The van der Waals surface area contributed by atoms with Crippen LogP contribution < -0.4 is 10.6 Å². The summed E-state index contributed by atoms with van der Waals surface area (Å²) in [7, 11) is 0. The van der Waals surface area contributed by atoms with Gasteiger partial charge in [0.1, 0.15) is 11.5 Å². The number of para-hydroxylation sites is 6. The van der Waals surface area contributed by atoms with Crippen LogP contribution in [0.1, 0.15) is 0 Å². The maximum absolute atomic E-state index is 9.51. The summed E-state index contributed by atoms with van der Waals surface area (Å²) >= 11 is 0. The third-order valence-electron chi connectivity index (χ3n) is 5.02. The molecular formula is C34H32N2O2Zr. The zero-order chi connectivity index (χ0) is 26.7. The third kappa shape index (κ3) is 12.6. The zero-order valence-electron chi connectivity index (χ0n) is 21.6. The van der Waals surface area contributed by atoms with E-state index < -0.39 is 0 Å². The van der Waals surface area contributed by atoms with Gasteiger partial charge in [-0.3, -0.25) is 0 Å². The third-order valence-corrected chi connectivity index (χ3v) is 5.02. The van der Waals surface area contributed by atoms with Crippen LogP contribution in [0, 0.1) is 0 Å². The predicted molar refractivity (Wildman–Crippen MR) is 160 cm³/mol. The molecule has 0 aliphatic carbocycles. The van der Waals surface area contributed by atoms with Crippen molar-refractivity contribution in [1.29, 1.82) is 0 Å². The van der Waals surface area contributed by atoms with Crippen molar-refractivity contribution in [3.63, 3.8) is 0 Å². The predicted octanol–water partition coefficient (Wildman–Crippen LogP) is 9.08. The molecule has 0 fully saturated rings. The summed E-state index contributed by atoms with van der Waals surface area (Å²) in [5, 5.41) is 25.3. The molecule has 0 amide bonds. The van der Waals surface area contributed by atoms with Gasteiger partial charge in [0.2, 0.25) is 0 Å². The number of phenols is 2. The maximum atomic E-state index is 9.51. The number of anilines is 4. The maximum Gasteiger partial charge on any atom is 2.00 e. The minimum Gasteiger partial charge on any atom is -0.506 e. The SMILES string of the molecule is Oc1ccccc1Nc1ccccc1.Oc1ccccc1Nc1ccccc1.[Zr+2].c1cc[cH-]c1.c1cc[cH-]c1. The van der Waals surface area contributed by atoms with E-state index in [9.17, 15) is 10.2 Å². The average molecular weight is 592 g/mol. The van der Waals surface area contributed by atoms with E-state index in [-0.39, 0.29) is 37.7 Å². The van der Waals surface area contributed by atoms with Crippen LogP contribution in [-0.2, 0) is 26.2 Å². The Balaban J connectivity index is 0.000000199.